The Bertz CT molecular complexity index is 534. The monoisotopic (exact) mass is 272 g/mol. The van der Waals surface area contributed by atoms with Gasteiger partial charge in [0.1, 0.15) is 0 Å². The maximum atomic E-state index is 13.5. The van der Waals surface area contributed by atoms with Gasteiger partial charge in [0, 0.05) is 13.1 Å². The van der Waals surface area contributed by atoms with E-state index in [2.05, 4.69) is 5.32 Å². The summed E-state index contributed by atoms with van der Waals surface area (Å²) in [5.41, 5.74) is -0.575. The molecule has 0 bridgehead atoms. The van der Waals surface area contributed by atoms with E-state index in [0.717, 1.165) is 11.0 Å². The van der Waals surface area contributed by atoms with E-state index >= 15 is 0 Å². The van der Waals surface area contributed by atoms with Gasteiger partial charge in [0.05, 0.1) is 12.1 Å². The molecule has 0 radical (unpaired) electrons. The van der Waals surface area contributed by atoms with Crippen LogP contribution in [0.3, 0.4) is 0 Å². The highest BCUT2D eigenvalue weighted by molar-refractivity contribution is 5.96. The number of carbonyl (C=O) groups excluding carboxylic acids is 2. The van der Waals surface area contributed by atoms with Crippen LogP contribution in [-0.4, -0.2) is 36.3 Å². The van der Waals surface area contributed by atoms with Crippen molar-refractivity contribution in [1.29, 1.82) is 0 Å². The summed E-state index contributed by atoms with van der Waals surface area (Å²) < 4.78 is 39.4. The Balaban J connectivity index is 2.28. The number of hydrogen-bond donors (Lipinski definition) is 1. The van der Waals surface area contributed by atoms with E-state index in [9.17, 15) is 22.8 Å². The highest BCUT2D eigenvalue weighted by Crippen LogP contribution is 2.17. The van der Waals surface area contributed by atoms with E-state index in [0.29, 0.717) is 19.0 Å². The third-order valence-corrected chi connectivity index (χ3v) is 2.81. The van der Waals surface area contributed by atoms with Crippen molar-refractivity contribution in [1.82, 2.24) is 10.2 Å². The molecule has 2 amide bonds. The van der Waals surface area contributed by atoms with Gasteiger partial charge in [-0.2, -0.15) is 0 Å². The Morgan fingerprint density at radius 3 is 2.68 bits per heavy atom. The molecule has 0 atom stereocenters. The molecule has 0 spiro atoms. The molecule has 0 unspecified atom stereocenters. The van der Waals surface area contributed by atoms with Crippen LogP contribution < -0.4 is 5.32 Å². The first-order valence-corrected chi connectivity index (χ1v) is 5.70. The normalized spacial score (nSPS) is 15.9. The zero-order valence-corrected chi connectivity index (χ0v) is 9.88. The van der Waals surface area contributed by atoms with Gasteiger partial charge in [-0.05, 0) is 18.6 Å². The van der Waals surface area contributed by atoms with Gasteiger partial charge in [0.2, 0.25) is 5.91 Å². The third-order valence-electron chi connectivity index (χ3n) is 2.81. The predicted molar refractivity (Wildman–Crippen MR) is 59.8 cm³/mol. The quantitative estimate of drug-likeness (QED) is 0.777. The Kier molecular flexibility index (Phi) is 3.73. The Morgan fingerprint density at radius 1 is 1.21 bits per heavy atom. The van der Waals surface area contributed by atoms with Crippen LogP contribution in [0, 0.1) is 17.5 Å². The summed E-state index contributed by atoms with van der Waals surface area (Å²) in [6.45, 7) is 0.441. The molecule has 7 heteroatoms. The first kappa shape index (κ1) is 13.4. The lowest BCUT2D eigenvalue weighted by atomic mass is 10.1. The standard InChI is InChI=1S/C12H11F3N2O2/c13-8-3-2-7(10(14)11(8)15)12(19)17-5-1-4-16-9(18)6-17/h2-3H,1,4-6H2,(H,16,18). The number of nitrogens with zero attached hydrogens (tertiary/aromatic N) is 1. The Labute approximate surface area is 107 Å². The number of hydrogen-bond acceptors (Lipinski definition) is 2. The van der Waals surface area contributed by atoms with Crippen molar-refractivity contribution in [2.75, 3.05) is 19.6 Å². The summed E-state index contributed by atoms with van der Waals surface area (Å²) in [5, 5.41) is 2.56. The molecule has 1 saturated heterocycles. The minimum absolute atomic E-state index is 0.225. The molecule has 0 aliphatic carbocycles. The molecule has 0 aromatic heterocycles. The average Bonchev–Trinajstić information content (AvgIpc) is 2.60. The second-order valence-electron chi connectivity index (χ2n) is 4.15. The topological polar surface area (TPSA) is 49.4 Å². The summed E-state index contributed by atoms with van der Waals surface area (Å²) in [7, 11) is 0. The zero-order chi connectivity index (χ0) is 14.0. The van der Waals surface area contributed by atoms with Gasteiger partial charge < -0.3 is 10.2 Å². The first-order valence-electron chi connectivity index (χ1n) is 5.70. The minimum Gasteiger partial charge on any atom is -0.354 e. The predicted octanol–water partition coefficient (Wildman–Crippen LogP) is 1.07. The number of carbonyl (C=O) groups is 2. The SMILES string of the molecule is O=C1CN(C(=O)c2ccc(F)c(F)c2F)CCCN1. The van der Waals surface area contributed by atoms with E-state index in [1.54, 1.807) is 0 Å². The fourth-order valence-corrected chi connectivity index (χ4v) is 1.84. The number of nitrogens with one attached hydrogen (secondary N) is 1. The molecule has 0 saturated carbocycles. The lowest BCUT2D eigenvalue weighted by Gasteiger charge is -2.19. The van der Waals surface area contributed by atoms with Gasteiger partial charge in [-0.15, -0.1) is 0 Å². The van der Waals surface area contributed by atoms with Crippen molar-refractivity contribution < 1.29 is 22.8 Å². The largest absolute Gasteiger partial charge is 0.354 e. The molecule has 1 N–H and O–H groups in total. The second kappa shape index (κ2) is 5.29. The van der Waals surface area contributed by atoms with Gasteiger partial charge in [-0.3, -0.25) is 9.59 Å². The van der Waals surface area contributed by atoms with Gasteiger partial charge in [-0.25, -0.2) is 13.2 Å². The van der Waals surface area contributed by atoms with Crippen LogP contribution in [0.15, 0.2) is 12.1 Å². The molecule has 2 rings (SSSR count). The van der Waals surface area contributed by atoms with Crippen LogP contribution in [0.2, 0.25) is 0 Å². The van der Waals surface area contributed by atoms with Crippen LogP contribution in [0.25, 0.3) is 0 Å². The summed E-state index contributed by atoms with van der Waals surface area (Å²) in [5.74, 6) is -5.77. The molecule has 1 fully saturated rings. The van der Waals surface area contributed by atoms with Gasteiger partial charge >= 0.3 is 0 Å². The van der Waals surface area contributed by atoms with Crippen LogP contribution in [0.4, 0.5) is 13.2 Å². The minimum atomic E-state index is -1.69. The molecule has 19 heavy (non-hydrogen) atoms. The van der Waals surface area contributed by atoms with E-state index in [4.69, 9.17) is 0 Å². The zero-order valence-electron chi connectivity index (χ0n) is 9.88. The van der Waals surface area contributed by atoms with Gasteiger partial charge in [0.25, 0.3) is 5.91 Å². The average molecular weight is 272 g/mol. The lowest BCUT2D eigenvalue weighted by Crippen LogP contribution is -2.37. The molecule has 1 aliphatic rings. The van der Waals surface area contributed by atoms with Crippen LogP contribution >= 0.6 is 0 Å². The third kappa shape index (κ3) is 2.69. The van der Waals surface area contributed by atoms with E-state index in [1.807, 2.05) is 0 Å². The molecule has 1 aliphatic heterocycles. The number of rotatable bonds is 1. The van der Waals surface area contributed by atoms with Crippen LogP contribution in [0.1, 0.15) is 16.8 Å². The maximum absolute atomic E-state index is 13.5. The number of benzene rings is 1. The Hall–Kier alpha value is -2.05. The van der Waals surface area contributed by atoms with Crippen molar-refractivity contribution in [3.8, 4) is 0 Å². The summed E-state index contributed by atoms with van der Waals surface area (Å²) >= 11 is 0. The van der Waals surface area contributed by atoms with Crippen molar-refractivity contribution in [2.24, 2.45) is 0 Å². The molecule has 102 valence electrons. The van der Waals surface area contributed by atoms with E-state index in [1.165, 1.54) is 0 Å². The van der Waals surface area contributed by atoms with E-state index < -0.39 is 28.9 Å². The number of halogens is 3. The molecular weight excluding hydrogens is 261 g/mol. The van der Waals surface area contributed by atoms with Gasteiger partial charge in [-0.1, -0.05) is 0 Å². The molecule has 1 heterocycles. The second-order valence-corrected chi connectivity index (χ2v) is 4.15. The fraction of sp³-hybridized carbons (Fsp3) is 0.333. The maximum Gasteiger partial charge on any atom is 0.257 e. The van der Waals surface area contributed by atoms with Crippen molar-refractivity contribution in [3.63, 3.8) is 0 Å². The molecular formula is C12H11F3N2O2. The number of amides is 2. The van der Waals surface area contributed by atoms with Gasteiger partial charge in [0.15, 0.2) is 17.5 Å². The van der Waals surface area contributed by atoms with Crippen LogP contribution in [-0.2, 0) is 4.79 Å². The summed E-state index contributed by atoms with van der Waals surface area (Å²) in [6.07, 6.45) is 0.517. The van der Waals surface area contributed by atoms with Crippen molar-refractivity contribution in [2.45, 2.75) is 6.42 Å². The smallest absolute Gasteiger partial charge is 0.257 e. The first-order chi connectivity index (χ1) is 9.00. The fourth-order valence-electron chi connectivity index (χ4n) is 1.84. The summed E-state index contributed by atoms with van der Waals surface area (Å²) in [6, 6.07) is 1.56. The van der Waals surface area contributed by atoms with E-state index in [-0.39, 0.29) is 19.0 Å². The molecule has 4 nitrogen and oxygen atoms in total. The molecule has 1 aromatic carbocycles. The lowest BCUT2D eigenvalue weighted by molar-refractivity contribution is -0.121. The van der Waals surface area contributed by atoms with Crippen molar-refractivity contribution >= 4 is 11.8 Å². The summed E-state index contributed by atoms with van der Waals surface area (Å²) in [4.78, 5) is 24.4. The highest BCUT2D eigenvalue weighted by atomic mass is 19.2. The Morgan fingerprint density at radius 2 is 1.95 bits per heavy atom. The highest BCUT2D eigenvalue weighted by Gasteiger charge is 2.25. The van der Waals surface area contributed by atoms with Crippen LogP contribution in [0.5, 0.6) is 0 Å². The molecule has 1 aromatic rings. The van der Waals surface area contributed by atoms with Crippen molar-refractivity contribution in [3.05, 3.63) is 35.1 Å².